The number of nitrogens with one attached hydrogen (secondary N) is 3. The first-order valence-electron chi connectivity index (χ1n) is 26.2. The fourth-order valence-corrected chi connectivity index (χ4v) is 9.27. The number of rotatable bonds is 7. The highest BCUT2D eigenvalue weighted by molar-refractivity contribution is 6.61. The average Bonchev–Trinajstić information content (AvgIpc) is 3.32. The Morgan fingerprint density at radius 1 is 0.560 bits per heavy atom. The molecule has 3 amide bonds. The lowest BCUT2D eigenvalue weighted by Gasteiger charge is -2.39. The molecule has 0 aromatic heterocycles. The Balaban J connectivity index is 0.000000588. The topological polar surface area (TPSA) is 263 Å². The highest BCUT2D eigenvalue weighted by Crippen LogP contribution is 2.46. The van der Waals surface area contributed by atoms with Gasteiger partial charge in [-0.05, 0) is 86.1 Å². The van der Waals surface area contributed by atoms with Gasteiger partial charge in [-0.1, -0.05) is 118 Å². The third kappa shape index (κ3) is 22.0. The molecule has 84 heavy (non-hydrogen) atoms. The molecule has 23 heteroatoms. The number of carbonyl (C=O) groups is 7. The van der Waals surface area contributed by atoms with Gasteiger partial charge in [-0.3, -0.25) is 14.5 Å². The molecule has 3 aliphatic heterocycles. The predicted molar refractivity (Wildman–Crippen MR) is 329 cm³/mol. The average molecular weight is 1230 g/mol. The van der Waals surface area contributed by atoms with Gasteiger partial charge in [0.25, 0.3) is 0 Å². The summed E-state index contributed by atoms with van der Waals surface area (Å²) in [7, 11) is 0. The van der Waals surface area contributed by atoms with Gasteiger partial charge in [-0.2, -0.15) is 0 Å². The van der Waals surface area contributed by atoms with Crippen LogP contribution in [0.3, 0.4) is 0 Å². The van der Waals surface area contributed by atoms with Crippen LogP contribution in [0.1, 0.15) is 83.1 Å². The molecule has 3 saturated heterocycles. The van der Waals surface area contributed by atoms with Crippen molar-refractivity contribution in [1.29, 1.82) is 0 Å². The highest BCUT2D eigenvalue weighted by Gasteiger charge is 2.40. The molecule has 3 fully saturated rings. The number of carboxylic acid groups (broad SMARTS) is 3. The van der Waals surface area contributed by atoms with Crippen molar-refractivity contribution in [2.75, 3.05) is 72.1 Å². The Kier molecular flexibility index (Phi) is 31.7. The smallest absolute Gasteiger partial charge is 0.410 e. The van der Waals surface area contributed by atoms with Gasteiger partial charge < -0.3 is 60.0 Å². The normalized spacial score (nSPS) is 17.0. The summed E-state index contributed by atoms with van der Waals surface area (Å²) >= 11 is 5.25. The highest BCUT2D eigenvalue weighted by atomic mass is 35.5. The molecular formula is C61H81Cl3N6O14. The Morgan fingerprint density at radius 3 is 1.29 bits per heavy atom. The summed E-state index contributed by atoms with van der Waals surface area (Å²) in [6.45, 7) is 26.5. The lowest BCUT2D eigenvalue weighted by Crippen LogP contribution is -2.60. The zero-order valence-corrected chi connectivity index (χ0v) is 50.0. The number of carbonyl (C=O) groups excluding carboxylic acids is 4. The number of hydrogen-bond donors (Lipinski definition) is 6. The standard InChI is InChI=1S/C25H28N2O6.C15H11ClO2.C10H18N2O4.C5H10N2O2.C3H4.C2H4.CH4.2ClH/c1-25(2,3)33-23(30)26-12-13-27(21(14-26)22(28)29)24(31)32-15-20-18-10-6-4-8-16(18)17-9-5-7-11-19(17)20;16-15(17)18-9-14-12-7-3-1-5-10(12)11-6-2-4-8-13(11)14;1-10(2,3)16-9(15)12-5-4-11-7(6-12)8(13)14;8-5(9)4-3-6-1-2-7-4;1-3-2;1-2;;;/h4-11,20-21H,12-15H2,1-3H3,(H,28,29);1-8,14H,9H2;7,11H,4-6H2,1-3H3,(H,13,14);4,6-7H,1-3H2,(H,8,9);1-2H2;1-2H2;1H4;2*1H/t21-;;7-;4-;;;;;/m0.00...../s1. The summed E-state index contributed by atoms with van der Waals surface area (Å²) in [4.78, 5) is 84.5. The van der Waals surface area contributed by atoms with Gasteiger partial charge in [-0.25, -0.2) is 24.0 Å². The van der Waals surface area contributed by atoms with Crippen LogP contribution in [0, 0.1) is 0 Å². The van der Waals surface area contributed by atoms with Gasteiger partial charge in [-0.15, -0.1) is 43.7 Å². The number of ether oxygens (including phenoxy) is 4. The van der Waals surface area contributed by atoms with Crippen molar-refractivity contribution in [1.82, 2.24) is 30.7 Å². The van der Waals surface area contributed by atoms with Crippen molar-refractivity contribution in [3.05, 3.63) is 151 Å². The molecule has 20 nitrogen and oxygen atoms in total. The van der Waals surface area contributed by atoms with E-state index in [1.807, 2.05) is 72.8 Å². The minimum atomic E-state index is -1.21. The number of halogens is 3. The maximum atomic E-state index is 12.9. The molecule has 4 aromatic rings. The fraction of sp³-hybridized carbons (Fsp3) is 0.410. The van der Waals surface area contributed by atoms with E-state index in [1.165, 1.54) is 37.0 Å². The largest absolute Gasteiger partial charge is 0.480 e. The summed E-state index contributed by atoms with van der Waals surface area (Å²) in [5.74, 6) is -2.96. The van der Waals surface area contributed by atoms with Crippen LogP contribution in [-0.4, -0.2) is 173 Å². The number of fused-ring (bicyclic) bond motifs is 6. The van der Waals surface area contributed by atoms with Gasteiger partial charge >= 0.3 is 41.6 Å². The van der Waals surface area contributed by atoms with E-state index in [-0.39, 0.29) is 83.5 Å². The summed E-state index contributed by atoms with van der Waals surface area (Å²) in [5, 5.41) is 35.6. The number of aliphatic carboxylic acids is 3. The van der Waals surface area contributed by atoms with E-state index >= 15 is 0 Å². The molecule has 6 N–H and O–H groups in total. The maximum Gasteiger partial charge on any atom is 0.410 e. The Hall–Kier alpha value is -7.42. The van der Waals surface area contributed by atoms with Crippen LogP contribution < -0.4 is 16.0 Å². The second kappa shape index (κ2) is 35.7. The lowest BCUT2D eigenvalue weighted by atomic mass is 9.98. The zero-order valence-electron chi connectivity index (χ0n) is 47.6. The Labute approximate surface area is 510 Å². The van der Waals surface area contributed by atoms with Gasteiger partial charge in [0.2, 0.25) is 0 Å². The first kappa shape index (κ1) is 74.6. The summed E-state index contributed by atoms with van der Waals surface area (Å²) < 4.78 is 21.1. The molecule has 460 valence electrons. The van der Waals surface area contributed by atoms with Crippen LogP contribution in [0.15, 0.2) is 129 Å². The third-order valence-corrected chi connectivity index (χ3v) is 12.8. The number of benzene rings is 4. The second-order valence-electron chi connectivity index (χ2n) is 20.6. The Bertz CT molecular complexity index is 2760. The molecule has 0 bridgehead atoms. The summed E-state index contributed by atoms with van der Waals surface area (Å²) in [5.41, 5.74) is 9.44. The molecular weight excluding hydrogens is 1150 g/mol. The van der Waals surface area contributed by atoms with Gasteiger partial charge in [0.15, 0.2) is 6.04 Å². The molecule has 0 radical (unpaired) electrons. The molecule has 2 aliphatic carbocycles. The monoisotopic (exact) mass is 1230 g/mol. The summed E-state index contributed by atoms with van der Waals surface area (Å²) in [6, 6.07) is 30.1. The lowest BCUT2D eigenvalue weighted by molar-refractivity contribution is -0.145. The van der Waals surface area contributed by atoms with Crippen LogP contribution in [0.4, 0.5) is 19.2 Å². The third-order valence-electron chi connectivity index (χ3n) is 12.7. The predicted octanol–water partition coefficient (Wildman–Crippen LogP) is 10.3. The van der Waals surface area contributed by atoms with Gasteiger partial charge in [0.1, 0.15) is 36.5 Å². The van der Waals surface area contributed by atoms with Gasteiger partial charge in [0.05, 0.1) is 13.1 Å². The van der Waals surface area contributed by atoms with Crippen LogP contribution in [-0.2, 0) is 33.3 Å². The van der Waals surface area contributed by atoms with Crippen molar-refractivity contribution in [3.63, 3.8) is 0 Å². The van der Waals surface area contributed by atoms with E-state index in [0.29, 0.717) is 19.6 Å². The van der Waals surface area contributed by atoms with Crippen LogP contribution in [0.5, 0.6) is 0 Å². The minimum Gasteiger partial charge on any atom is -0.480 e. The van der Waals surface area contributed by atoms with Crippen molar-refractivity contribution in [2.24, 2.45) is 0 Å². The molecule has 4 aromatic carbocycles. The minimum absolute atomic E-state index is 0. The molecule has 3 heterocycles. The second-order valence-corrected chi connectivity index (χ2v) is 20.9. The molecule has 0 saturated carbocycles. The number of piperazine rings is 3. The van der Waals surface area contributed by atoms with E-state index in [0.717, 1.165) is 35.3 Å². The van der Waals surface area contributed by atoms with Crippen molar-refractivity contribution in [3.8, 4) is 22.3 Å². The molecule has 0 unspecified atom stereocenters. The SMILES string of the molecule is C.C=C.C=C=C.CC(C)(C)OC(=O)N1CCN(C(=O)OCC2c3ccccc3-c3ccccc32)[C@H](C(=O)O)C1.CC(C)(C)OC(=O)N1CCN[C@H](C(=O)O)C1.Cl.Cl.O=C(Cl)OCC1c2ccccc2-c2ccccc21.O=C(O)[C@@H]1CNCCN1. The molecule has 5 aliphatic rings. The first-order valence-corrected chi connectivity index (χ1v) is 26.5. The number of amides is 3. The number of nitrogens with zero attached hydrogens (tertiary/aromatic N) is 3. The van der Waals surface area contributed by atoms with Crippen LogP contribution >= 0.6 is 36.4 Å². The summed E-state index contributed by atoms with van der Waals surface area (Å²) in [6.07, 6.45) is -1.76. The van der Waals surface area contributed by atoms with E-state index in [9.17, 15) is 38.7 Å². The Morgan fingerprint density at radius 2 is 0.940 bits per heavy atom. The maximum absolute atomic E-state index is 12.9. The fourth-order valence-electron chi connectivity index (χ4n) is 9.21. The molecule has 0 spiro atoms. The van der Waals surface area contributed by atoms with Crippen LogP contribution in [0.25, 0.3) is 22.3 Å². The quantitative estimate of drug-likeness (QED) is 0.0435. The molecule has 9 rings (SSSR count). The van der Waals surface area contributed by atoms with Crippen LogP contribution in [0.2, 0.25) is 0 Å². The van der Waals surface area contributed by atoms with E-state index in [2.05, 4.69) is 72.3 Å². The van der Waals surface area contributed by atoms with E-state index < -0.39 is 70.9 Å². The van der Waals surface area contributed by atoms with Crippen molar-refractivity contribution >= 4 is 78.0 Å². The number of hydrogen-bond acceptors (Lipinski definition) is 14. The zero-order chi connectivity index (χ0) is 60.0. The van der Waals surface area contributed by atoms with E-state index in [1.54, 1.807) is 41.5 Å². The van der Waals surface area contributed by atoms with Crippen molar-refractivity contribution < 1.29 is 67.8 Å². The van der Waals surface area contributed by atoms with Gasteiger partial charge in [0, 0.05) is 69.3 Å². The van der Waals surface area contributed by atoms with E-state index in [4.69, 9.17) is 40.8 Å². The first-order chi connectivity index (χ1) is 38.4. The number of carboxylic acids is 3. The molecule has 3 atom stereocenters. The van der Waals surface area contributed by atoms with Crippen molar-refractivity contribution in [2.45, 2.75) is 90.1 Å².